The van der Waals surface area contributed by atoms with Crippen LogP contribution in [-0.4, -0.2) is 16.1 Å². The van der Waals surface area contributed by atoms with Crippen LogP contribution in [-0.2, 0) is 4.79 Å². The molecule has 1 heterocycles. The van der Waals surface area contributed by atoms with Crippen molar-refractivity contribution in [3.8, 4) is 0 Å². The van der Waals surface area contributed by atoms with Crippen LogP contribution in [0.2, 0.25) is 0 Å². The standard InChI is InChI=1S/C13H11NO2/c1-9(13(15)16)8-10-6-7-14-12-5-3-2-4-11(10)12/h2-8H,1H3,(H,15,16). The van der Waals surface area contributed by atoms with E-state index in [1.807, 2.05) is 30.3 Å². The number of aliphatic carboxylic acids is 1. The van der Waals surface area contributed by atoms with Crippen molar-refractivity contribution in [2.75, 3.05) is 0 Å². The fourth-order valence-corrected chi connectivity index (χ4v) is 1.54. The summed E-state index contributed by atoms with van der Waals surface area (Å²) < 4.78 is 0. The van der Waals surface area contributed by atoms with E-state index in [2.05, 4.69) is 4.98 Å². The van der Waals surface area contributed by atoms with E-state index in [4.69, 9.17) is 5.11 Å². The Bertz CT molecular complexity index is 568. The van der Waals surface area contributed by atoms with Gasteiger partial charge in [-0.25, -0.2) is 4.79 Å². The molecule has 0 amide bonds. The summed E-state index contributed by atoms with van der Waals surface area (Å²) in [5.74, 6) is -0.902. The highest BCUT2D eigenvalue weighted by atomic mass is 16.4. The van der Waals surface area contributed by atoms with E-state index in [9.17, 15) is 4.79 Å². The topological polar surface area (TPSA) is 50.2 Å². The summed E-state index contributed by atoms with van der Waals surface area (Å²) in [5.41, 5.74) is 2.07. The Morgan fingerprint density at radius 1 is 1.31 bits per heavy atom. The Kier molecular flexibility index (Phi) is 2.68. The van der Waals surface area contributed by atoms with Gasteiger partial charge in [0.2, 0.25) is 0 Å². The van der Waals surface area contributed by atoms with Crippen molar-refractivity contribution in [1.29, 1.82) is 0 Å². The first-order chi connectivity index (χ1) is 7.68. The second-order valence-electron chi connectivity index (χ2n) is 3.55. The van der Waals surface area contributed by atoms with Gasteiger partial charge in [-0.2, -0.15) is 0 Å². The number of hydrogen-bond donors (Lipinski definition) is 1. The molecule has 0 saturated heterocycles. The van der Waals surface area contributed by atoms with E-state index in [0.29, 0.717) is 5.57 Å². The second kappa shape index (κ2) is 4.14. The van der Waals surface area contributed by atoms with Crippen LogP contribution in [0.5, 0.6) is 0 Å². The number of benzene rings is 1. The lowest BCUT2D eigenvalue weighted by Gasteiger charge is -2.01. The number of rotatable bonds is 2. The lowest BCUT2D eigenvalue weighted by atomic mass is 10.1. The molecule has 0 spiro atoms. The Hall–Kier alpha value is -2.16. The van der Waals surface area contributed by atoms with Crippen LogP contribution in [0.4, 0.5) is 0 Å². The predicted octanol–water partition coefficient (Wildman–Crippen LogP) is 2.72. The van der Waals surface area contributed by atoms with Gasteiger partial charge in [0, 0.05) is 17.2 Å². The third-order valence-electron chi connectivity index (χ3n) is 2.39. The number of carboxylic acids is 1. The number of nitrogens with zero attached hydrogens (tertiary/aromatic N) is 1. The monoisotopic (exact) mass is 213 g/mol. The summed E-state index contributed by atoms with van der Waals surface area (Å²) in [6.45, 7) is 1.58. The number of fused-ring (bicyclic) bond motifs is 1. The average molecular weight is 213 g/mol. The zero-order valence-corrected chi connectivity index (χ0v) is 8.84. The number of carboxylic acid groups (broad SMARTS) is 1. The molecular weight excluding hydrogens is 202 g/mol. The van der Waals surface area contributed by atoms with Crippen molar-refractivity contribution in [3.05, 3.63) is 47.7 Å². The van der Waals surface area contributed by atoms with E-state index in [1.54, 1.807) is 19.2 Å². The first-order valence-electron chi connectivity index (χ1n) is 4.94. The summed E-state index contributed by atoms with van der Waals surface area (Å²) in [7, 11) is 0. The first kappa shape index (κ1) is 10.4. The highest BCUT2D eigenvalue weighted by Gasteiger charge is 2.02. The molecule has 80 valence electrons. The summed E-state index contributed by atoms with van der Waals surface area (Å²) in [4.78, 5) is 15.0. The van der Waals surface area contributed by atoms with Crippen LogP contribution in [0.3, 0.4) is 0 Å². The van der Waals surface area contributed by atoms with Gasteiger partial charge in [-0.3, -0.25) is 4.98 Å². The van der Waals surface area contributed by atoms with Gasteiger partial charge in [0.15, 0.2) is 0 Å². The second-order valence-corrected chi connectivity index (χ2v) is 3.55. The Morgan fingerprint density at radius 2 is 2.06 bits per heavy atom. The average Bonchev–Trinajstić information content (AvgIpc) is 2.29. The van der Waals surface area contributed by atoms with Crippen LogP contribution in [0.1, 0.15) is 12.5 Å². The molecular formula is C13H11NO2. The summed E-state index contributed by atoms with van der Waals surface area (Å²) in [6, 6.07) is 9.48. The fourth-order valence-electron chi connectivity index (χ4n) is 1.54. The van der Waals surface area contributed by atoms with E-state index < -0.39 is 5.97 Å². The highest BCUT2D eigenvalue weighted by molar-refractivity contribution is 5.96. The first-order valence-corrected chi connectivity index (χ1v) is 4.94. The van der Waals surface area contributed by atoms with E-state index >= 15 is 0 Å². The number of pyridine rings is 1. The maximum atomic E-state index is 10.8. The molecule has 0 unspecified atom stereocenters. The van der Waals surface area contributed by atoms with Crippen molar-refractivity contribution >= 4 is 22.9 Å². The molecule has 0 saturated carbocycles. The molecule has 0 aliphatic rings. The van der Waals surface area contributed by atoms with Crippen LogP contribution < -0.4 is 0 Å². The third-order valence-corrected chi connectivity index (χ3v) is 2.39. The molecule has 0 aliphatic carbocycles. The summed E-state index contributed by atoms with van der Waals surface area (Å²) >= 11 is 0. The van der Waals surface area contributed by atoms with Gasteiger partial charge in [0.05, 0.1) is 5.52 Å². The molecule has 0 fully saturated rings. The number of carbonyl (C=O) groups is 1. The Labute approximate surface area is 93.1 Å². The maximum Gasteiger partial charge on any atom is 0.331 e. The lowest BCUT2D eigenvalue weighted by Crippen LogP contribution is -1.95. The van der Waals surface area contributed by atoms with Crippen molar-refractivity contribution in [2.24, 2.45) is 0 Å². The molecule has 16 heavy (non-hydrogen) atoms. The molecule has 0 aliphatic heterocycles. The quantitative estimate of drug-likeness (QED) is 0.780. The normalized spacial score (nSPS) is 11.7. The van der Waals surface area contributed by atoms with Gasteiger partial charge in [-0.05, 0) is 30.7 Å². The van der Waals surface area contributed by atoms with Gasteiger partial charge in [0.1, 0.15) is 0 Å². The molecule has 0 bridgehead atoms. The van der Waals surface area contributed by atoms with Crippen molar-refractivity contribution in [3.63, 3.8) is 0 Å². The van der Waals surface area contributed by atoms with Crippen LogP contribution >= 0.6 is 0 Å². The summed E-state index contributed by atoms with van der Waals surface area (Å²) in [5, 5.41) is 9.79. The van der Waals surface area contributed by atoms with Crippen molar-refractivity contribution in [1.82, 2.24) is 4.98 Å². The smallest absolute Gasteiger partial charge is 0.331 e. The maximum absolute atomic E-state index is 10.8. The fraction of sp³-hybridized carbons (Fsp3) is 0.0769. The molecule has 1 aromatic heterocycles. The largest absolute Gasteiger partial charge is 0.478 e. The van der Waals surface area contributed by atoms with E-state index in [0.717, 1.165) is 16.5 Å². The van der Waals surface area contributed by atoms with Crippen molar-refractivity contribution in [2.45, 2.75) is 6.92 Å². The SMILES string of the molecule is CC(=Cc1ccnc2ccccc12)C(=O)O. The molecule has 3 heteroatoms. The van der Waals surface area contributed by atoms with Gasteiger partial charge >= 0.3 is 5.97 Å². The zero-order valence-electron chi connectivity index (χ0n) is 8.84. The molecule has 0 atom stereocenters. The molecule has 3 nitrogen and oxygen atoms in total. The molecule has 2 rings (SSSR count). The number of aromatic nitrogens is 1. The van der Waals surface area contributed by atoms with Gasteiger partial charge in [-0.15, -0.1) is 0 Å². The Balaban J connectivity index is 2.61. The minimum absolute atomic E-state index is 0.316. The minimum atomic E-state index is -0.902. The highest BCUT2D eigenvalue weighted by Crippen LogP contribution is 2.18. The van der Waals surface area contributed by atoms with Crippen molar-refractivity contribution < 1.29 is 9.90 Å². The zero-order chi connectivity index (χ0) is 11.5. The van der Waals surface area contributed by atoms with Crippen LogP contribution in [0.25, 0.3) is 17.0 Å². The third kappa shape index (κ3) is 1.93. The minimum Gasteiger partial charge on any atom is -0.478 e. The Morgan fingerprint density at radius 3 is 2.81 bits per heavy atom. The predicted molar refractivity (Wildman–Crippen MR) is 63.0 cm³/mol. The molecule has 0 radical (unpaired) electrons. The van der Waals surface area contributed by atoms with Gasteiger partial charge < -0.3 is 5.11 Å². The van der Waals surface area contributed by atoms with Crippen LogP contribution in [0, 0.1) is 0 Å². The van der Waals surface area contributed by atoms with E-state index in [1.165, 1.54) is 0 Å². The van der Waals surface area contributed by atoms with Gasteiger partial charge in [-0.1, -0.05) is 18.2 Å². The summed E-state index contributed by atoms with van der Waals surface area (Å²) in [6.07, 6.45) is 3.34. The van der Waals surface area contributed by atoms with Crippen LogP contribution in [0.15, 0.2) is 42.1 Å². The van der Waals surface area contributed by atoms with E-state index in [-0.39, 0.29) is 0 Å². The molecule has 2 aromatic rings. The number of para-hydroxylation sites is 1. The lowest BCUT2D eigenvalue weighted by molar-refractivity contribution is -0.132. The number of hydrogen-bond acceptors (Lipinski definition) is 2. The molecule has 1 aromatic carbocycles. The van der Waals surface area contributed by atoms with Gasteiger partial charge in [0.25, 0.3) is 0 Å². The molecule has 1 N–H and O–H groups in total.